The zero-order valence-corrected chi connectivity index (χ0v) is 21.7. The van der Waals surface area contributed by atoms with Gasteiger partial charge in [-0.25, -0.2) is 12.7 Å². The maximum Gasteiger partial charge on any atom is 0.265 e. The Hall–Kier alpha value is -3.84. The topological polar surface area (TPSA) is 75.3 Å². The number of anilines is 1. The van der Waals surface area contributed by atoms with Gasteiger partial charge in [-0.1, -0.05) is 72.3 Å². The normalized spacial score (nSPS) is 18.9. The Bertz CT molecular complexity index is 1550. The molecular formula is C30H29N3O3S. The standard InChI is InChI=1S/C30H29N3O3S/c1-21-8-16-26(17-9-21)37(34,35)33(24-12-13-24)29-27-18-19-30(20-28(27)31-32-29,22-6-4-3-5-7-22)23-10-14-25(36-2)15-11-23/h3-11,14-19,24H,12-13,20H2,1-2H3,(H,31,32). The Kier molecular flexibility index (Phi) is 5.68. The van der Waals surface area contributed by atoms with Crippen LogP contribution in [0.1, 0.15) is 40.8 Å². The van der Waals surface area contributed by atoms with Gasteiger partial charge in [-0.15, -0.1) is 0 Å². The number of hydrogen-bond acceptors (Lipinski definition) is 4. The molecule has 188 valence electrons. The van der Waals surface area contributed by atoms with Gasteiger partial charge in [0.05, 0.1) is 12.0 Å². The lowest BCUT2D eigenvalue weighted by atomic mass is 9.68. The highest BCUT2D eigenvalue weighted by Crippen LogP contribution is 2.45. The van der Waals surface area contributed by atoms with E-state index in [1.54, 1.807) is 19.2 Å². The summed E-state index contributed by atoms with van der Waals surface area (Å²) in [5.74, 6) is 1.28. The van der Waals surface area contributed by atoms with E-state index in [0.29, 0.717) is 17.1 Å². The van der Waals surface area contributed by atoms with Crippen LogP contribution in [0.2, 0.25) is 0 Å². The van der Waals surface area contributed by atoms with Crippen LogP contribution >= 0.6 is 0 Å². The number of hydrogen-bond donors (Lipinski definition) is 1. The monoisotopic (exact) mass is 511 g/mol. The third kappa shape index (κ3) is 4.03. The predicted octanol–water partition coefficient (Wildman–Crippen LogP) is 5.64. The van der Waals surface area contributed by atoms with Gasteiger partial charge >= 0.3 is 0 Å². The third-order valence-electron chi connectivity index (χ3n) is 7.41. The van der Waals surface area contributed by atoms with Crippen LogP contribution in [0.15, 0.2) is 89.8 Å². The summed E-state index contributed by atoms with van der Waals surface area (Å²) in [6, 6.07) is 25.5. The van der Waals surface area contributed by atoms with Crippen LogP contribution in [-0.2, 0) is 21.9 Å². The number of methoxy groups -OCH3 is 1. The number of H-pyrrole nitrogens is 1. The van der Waals surface area contributed by atoms with E-state index in [0.717, 1.165) is 46.5 Å². The van der Waals surface area contributed by atoms with Crippen molar-refractivity contribution in [3.05, 3.63) is 113 Å². The van der Waals surface area contributed by atoms with Crippen LogP contribution < -0.4 is 9.04 Å². The van der Waals surface area contributed by atoms with Crippen LogP contribution in [0.25, 0.3) is 6.08 Å². The van der Waals surface area contributed by atoms with Crippen LogP contribution in [0.3, 0.4) is 0 Å². The first kappa shape index (κ1) is 23.6. The van der Waals surface area contributed by atoms with Gasteiger partial charge < -0.3 is 4.74 Å². The summed E-state index contributed by atoms with van der Waals surface area (Å²) in [4.78, 5) is 0.290. The minimum atomic E-state index is -3.75. The predicted molar refractivity (Wildman–Crippen MR) is 145 cm³/mol. The first-order chi connectivity index (χ1) is 17.9. The van der Waals surface area contributed by atoms with Crippen molar-refractivity contribution < 1.29 is 13.2 Å². The van der Waals surface area contributed by atoms with E-state index in [1.165, 1.54) is 4.31 Å². The molecule has 0 amide bonds. The van der Waals surface area contributed by atoms with E-state index in [2.05, 4.69) is 40.5 Å². The quantitative estimate of drug-likeness (QED) is 0.348. The number of aromatic nitrogens is 2. The molecule has 0 saturated heterocycles. The maximum atomic E-state index is 13.8. The van der Waals surface area contributed by atoms with E-state index in [-0.39, 0.29) is 6.04 Å². The number of aromatic amines is 1. The number of rotatable bonds is 7. The number of ether oxygens (including phenoxy) is 1. The average Bonchev–Trinajstić information content (AvgIpc) is 3.68. The van der Waals surface area contributed by atoms with E-state index in [9.17, 15) is 8.42 Å². The summed E-state index contributed by atoms with van der Waals surface area (Å²) >= 11 is 0. The zero-order valence-electron chi connectivity index (χ0n) is 20.9. The molecule has 1 atom stereocenters. The molecule has 0 bridgehead atoms. The van der Waals surface area contributed by atoms with Gasteiger partial charge in [-0.2, -0.15) is 5.10 Å². The van der Waals surface area contributed by atoms with Crippen molar-refractivity contribution in [2.24, 2.45) is 0 Å². The summed E-state index contributed by atoms with van der Waals surface area (Å²) in [7, 11) is -2.08. The fraction of sp³-hybridized carbons (Fsp3) is 0.233. The second-order valence-electron chi connectivity index (χ2n) is 9.86. The molecule has 0 spiro atoms. The largest absolute Gasteiger partial charge is 0.497 e. The molecule has 3 aromatic carbocycles. The van der Waals surface area contributed by atoms with Crippen molar-refractivity contribution >= 4 is 21.9 Å². The van der Waals surface area contributed by atoms with Crippen molar-refractivity contribution in [2.45, 2.75) is 42.5 Å². The molecule has 0 radical (unpaired) electrons. The highest BCUT2D eigenvalue weighted by atomic mass is 32.2. The van der Waals surface area contributed by atoms with Crippen LogP contribution in [0, 0.1) is 6.92 Å². The molecule has 6 nitrogen and oxygen atoms in total. The third-order valence-corrected chi connectivity index (χ3v) is 9.27. The van der Waals surface area contributed by atoms with Crippen molar-refractivity contribution in [1.29, 1.82) is 0 Å². The van der Waals surface area contributed by atoms with Gasteiger partial charge in [0.25, 0.3) is 10.0 Å². The van der Waals surface area contributed by atoms with Gasteiger partial charge in [-0.3, -0.25) is 5.10 Å². The first-order valence-corrected chi connectivity index (χ1v) is 13.9. The van der Waals surface area contributed by atoms with Crippen molar-refractivity contribution in [3.8, 4) is 5.75 Å². The summed E-state index contributed by atoms with van der Waals surface area (Å²) in [5, 5.41) is 7.81. The number of nitrogens with zero attached hydrogens (tertiary/aromatic N) is 2. The zero-order chi connectivity index (χ0) is 25.6. The van der Waals surface area contributed by atoms with E-state index < -0.39 is 15.4 Å². The molecule has 37 heavy (non-hydrogen) atoms. The molecule has 1 N–H and O–H groups in total. The molecule has 1 aromatic heterocycles. The molecular weight excluding hydrogens is 482 g/mol. The van der Waals surface area contributed by atoms with Crippen molar-refractivity contribution in [3.63, 3.8) is 0 Å². The van der Waals surface area contributed by atoms with Crippen molar-refractivity contribution in [1.82, 2.24) is 10.2 Å². The van der Waals surface area contributed by atoms with E-state index >= 15 is 0 Å². The molecule has 4 aromatic rings. The van der Waals surface area contributed by atoms with Crippen LogP contribution in [-0.4, -0.2) is 31.8 Å². The van der Waals surface area contributed by atoms with Crippen LogP contribution in [0.5, 0.6) is 5.75 Å². The number of benzene rings is 3. The van der Waals surface area contributed by atoms with Gasteiger partial charge in [0.15, 0.2) is 5.82 Å². The lowest BCUT2D eigenvalue weighted by Crippen LogP contribution is -2.34. The molecule has 0 aliphatic heterocycles. The van der Waals surface area contributed by atoms with Crippen LogP contribution in [0.4, 0.5) is 5.82 Å². The van der Waals surface area contributed by atoms with Gasteiger partial charge in [-0.05, 0) is 55.2 Å². The number of allylic oxidation sites excluding steroid dienone is 1. The number of fused-ring (bicyclic) bond motifs is 1. The summed E-state index contributed by atoms with van der Waals surface area (Å²) in [6.07, 6.45) is 6.52. The molecule has 2 aliphatic carbocycles. The van der Waals surface area contributed by atoms with E-state index in [1.807, 2.05) is 55.5 Å². The fourth-order valence-electron chi connectivity index (χ4n) is 5.22. The van der Waals surface area contributed by atoms with E-state index in [4.69, 9.17) is 4.74 Å². The van der Waals surface area contributed by atoms with Gasteiger partial charge in [0, 0.05) is 29.1 Å². The molecule has 1 unspecified atom stereocenters. The van der Waals surface area contributed by atoms with Gasteiger partial charge in [0.1, 0.15) is 5.75 Å². The molecule has 2 aliphatic rings. The maximum absolute atomic E-state index is 13.8. The Morgan fingerprint density at radius 2 is 1.62 bits per heavy atom. The minimum Gasteiger partial charge on any atom is -0.497 e. The van der Waals surface area contributed by atoms with Crippen molar-refractivity contribution in [2.75, 3.05) is 11.4 Å². The number of sulfonamides is 1. The first-order valence-electron chi connectivity index (χ1n) is 12.5. The second kappa shape index (κ2) is 8.92. The molecule has 1 saturated carbocycles. The lowest BCUT2D eigenvalue weighted by molar-refractivity contribution is 0.414. The summed E-state index contributed by atoms with van der Waals surface area (Å²) < 4.78 is 34.5. The fourth-order valence-corrected chi connectivity index (χ4v) is 6.90. The summed E-state index contributed by atoms with van der Waals surface area (Å²) in [6.45, 7) is 1.95. The molecule has 1 fully saturated rings. The summed E-state index contributed by atoms with van der Waals surface area (Å²) in [5.41, 5.74) is 4.63. The Labute approximate surface area is 217 Å². The Balaban J connectivity index is 1.44. The Morgan fingerprint density at radius 1 is 0.946 bits per heavy atom. The highest BCUT2D eigenvalue weighted by molar-refractivity contribution is 7.92. The lowest BCUT2D eigenvalue weighted by Gasteiger charge is -2.35. The number of aryl methyl sites for hydroxylation is 1. The molecule has 1 heterocycles. The SMILES string of the molecule is COc1ccc(C2(c3ccccc3)C=Cc3c(N(C4CC4)S(=O)(=O)c4ccc(C)cc4)n[nH]c3C2)cc1. The minimum absolute atomic E-state index is 0.0745. The highest BCUT2D eigenvalue weighted by Gasteiger charge is 2.43. The molecule has 6 rings (SSSR count). The Morgan fingerprint density at radius 3 is 2.27 bits per heavy atom. The number of nitrogens with one attached hydrogen (secondary N) is 1. The molecule has 7 heteroatoms. The second-order valence-corrected chi connectivity index (χ2v) is 11.7. The average molecular weight is 512 g/mol. The van der Waals surface area contributed by atoms with Gasteiger partial charge in [0.2, 0.25) is 0 Å². The smallest absolute Gasteiger partial charge is 0.265 e.